The number of ketones is 1. The highest BCUT2D eigenvalue weighted by molar-refractivity contribution is 7.22. The van der Waals surface area contributed by atoms with E-state index in [0.717, 1.165) is 22.2 Å². The van der Waals surface area contributed by atoms with Crippen LogP contribution in [0.2, 0.25) is 0 Å². The molecular weight excluding hydrogens is 467 g/mol. The number of hydrogen-bond donors (Lipinski definition) is 1. The van der Waals surface area contributed by atoms with Crippen molar-refractivity contribution in [1.29, 1.82) is 0 Å². The summed E-state index contributed by atoms with van der Waals surface area (Å²) in [6.07, 6.45) is 0.858. The molecule has 35 heavy (non-hydrogen) atoms. The number of fused-ring (bicyclic) bond motifs is 1. The predicted molar refractivity (Wildman–Crippen MR) is 133 cm³/mol. The highest BCUT2D eigenvalue weighted by atomic mass is 32.1. The van der Waals surface area contributed by atoms with Gasteiger partial charge in [0.25, 0.3) is 5.78 Å². The van der Waals surface area contributed by atoms with Crippen molar-refractivity contribution in [3.63, 3.8) is 0 Å². The summed E-state index contributed by atoms with van der Waals surface area (Å²) in [6, 6.07) is 17.0. The third-order valence-electron chi connectivity index (χ3n) is 6.05. The number of benzene rings is 3. The van der Waals surface area contributed by atoms with Crippen molar-refractivity contribution in [2.24, 2.45) is 0 Å². The van der Waals surface area contributed by atoms with Gasteiger partial charge in [0.1, 0.15) is 17.3 Å². The SMILES string of the molecule is CCc1ccc2nc(N3C(=O)C(=O)C(=C(O)c4ccc(F)cc4)[C@H]3c3ccc(OC)cc3)sc2c1. The van der Waals surface area contributed by atoms with E-state index in [1.54, 1.807) is 31.4 Å². The fourth-order valence-electron chi connectivity index (χ4n) is 4.17. The number of aliphatic hydroxyl groups is 1. The summed E-state index contributed by atoms with van der Waals surface area (Å²) in [5, 5.41) is 11.5. The third-order valence-corrected chi connectivity index (χ3v) is 7.07. The number of aryl methyl sites for hydroxylation is 1. The molecule has 8 heteroatoms. The number of carbonyl (C=O) groups excluding carboxylic acids is 2. The van der Waals surface area contributed by atoms with Gasteiger partial charge >= 0.3 is 5.91 Å². The molecule has 2 heterocycles. The van der Waals surface area contributed by atoms with Gasteiger partial charge in [-0.2, -0.15) is 0 Å². The second-order valence-corrected chi connectivity index (χ2v) is 9.11. The maximum atomic E-state index is 13.5. The summed E-state index contributed by atoms with van der Waals surface area (Å²) in [7, 11) is 1.54. The standard InChI is InChI=1S/C27H21FN2O4S/c1-3-15-4-13-20-21(14-15)35-27(29-20)30-23(16-7-11-19(34-2)12-8-16)22(25(32)26(30)33)24(31)17-5-9-18(28)10-6-17/h4-14,23,31H,3H2,1-2H3/t23-/m1/s1. The number of amides is 1. The van der Waals surface area contributed by atoms with E-state index in [2.05, 4.69) is 11.9 Å². The number of nitrogens with zero attached hydrogens (tertiary/aromatic N) is 2. The van der Waals surface area contributed by atoms with Crippen LogP contribution >= 0.6 is 11.3 Å². The van der Waals surface area contributed by atoms with E-state index in [-0.39, 0.29) is 16.9 Å². The summed E-state index contributed by atoms with van der Waals surface area (Å²) in [4.78, 5) is 32.6. The number of thiazole rings is 1. The van der Waals surface area contributed by atoms with Crippen molar-refractivity contribution in [3.05, 3.63) is 94.8 Å². The number of aliphatic hydroxyl groups excluding tert-OH is 1. The molecule has 0 aliphatic carbocycles. The van der Waals surface area contributed by atoms with Gasteiger partial charge in [-0.1, -0.05) is 36.5 Å². The average molecular weight is 489 g/mol. The minimum atomic E-state index is -0.919. The first-order valence-electron chi connectivity index (χ1n) is 11.0. The monoisotopic (exact) mass is 488 g/mol. The first-order valence-corrected chi connectivity index (χ1v) is 11.8. The second-order valence-electron chi connectivity index (χ2n) is 8.10. The molecule has 0 radical (unpaired) electrons. The van der Waals surface area contributed by atoms with Crippen LogP contribution in [0.15, 0.2) is 72.3 Å². The van der Waals surface area contributed by atoms with Crippen molar-refractivity contribution in [1.82, 2.24) is 4.98 Å². The number of aromatic nitrogens is 1. The number of halogens is 1. The van der Waals surface area contributed by atoms with E-state index >= 15 is 0 Å². The lowest BCUT2D eigenvalue weighted by molar-refractivity contribution is -0.132. The lowest BCUT2D eigenvalue weighted by atomic mass is 9.95. The molecule has 1 fully saturated rings. The lowest BCUT2D eigenvalue weighted by Crippen LogP contribution is -2.29. The average Bonchev–Trinajstić information content (AvgIpc) is 3.41. The first-order chi connectivity index (χ1) is 16.9. The number of carbonyl (C=O) groups is 2. The van der Waals surface area contributed by atoms with Crippen molar-refractivity contribution >= 4 is 44.1 Å². The Balaban J connectivity index is 1.70. The maximum Gasteiger partial charge on any atom is 0.301 e. The lowest BCUT2D eigenvalue weighted by Gasteiger charge is -2.23. The van der Waals surface area contributed by atoms with Crippen LogP contribution in [0.4, 0.5) is 9.52 Å². The molecular formula is C27H21FN2O4S. The molecule has 6 nitrogen and oxygen atoms in total. The highest BCUT2D eigenvalue weighted by Crippen LogP contribution is 2.44. The number of hydrogen-bond acceptors (Lipinski definition) is 6. The van der Waals surface area contributed by atoms with Gasteiger partial charge in [0.15, 0.2) is 5.13 Å². The normalized spacial score (nSPS) is 17.3. The Labute approximate surface area is 204 Å². The predicted octanol–water partition coefficient (Wildman–Crippen LogP) is 5.63. The van der Waals surface area contributed by atoms with Crippen LogP contribution < -0.4 is 9.64 Å². The van der Waals surface area contributed by atoms with Gasteiger partial charge in [-0.15, -0.1) is 0 Å². The van der Waals surface area contributed by atoms with E-state index in [9.17, 15) is 19.1 Å². The van der Waals surface area contributed by atoms with Crippen LogP contribution in [0.5, 0.6) is 5.75 Å². The fraction of sp³-hybridized carbons (Fsp3) is 0.148. The summed E-state index contributed by atoms with van der Waals surface area (Å²) in [5.74, 6) is -1.86. The maximum absolute atomic E-state index is 13.5. The topological polar surface area (TPSA) is 79.7 Å². The Morgan fingerprint density at radius 2 is 1.80 bits per heavy atom. The zero-order chi connectivity index (χ0) is 24.7. The molecule has 0 bridgehead atoms. The molecule has 0 saturated carbocycles. The van der Waals surface area contributed by atoms with Crippen LogP contribution in [-0.4, -0.2) is 28.9 Å². The van der Waals surface area contributed by atoms with Gasteiger partial charge in [0.05, 0.1) is 28.9 Å². The molecule has 1 N–H and O–H groups in total. The number of ether oxygens (including phenoxy) is 1. The van der Waals surface area contributed by atoms with Crippen molar-refractivity contribution in [3.8, 4) is 5.75 Å². The van der Waals surface area contributed by atoms with Crippen LogP contribution in [0.3, 0.4) is 0 Å². The molecule has 5 rings (SSSR count). The van der Waals surface area contributed by atoms with E-state index in [1.165, 1.54) is 40.5 Å². The Hall–Kier alpha value is -4.04. The van der Waals surface area contributed by atoms with Crippen LogP contribution in [-0.2, 0) is 16.0 Å². The minimum absolute atomic E-state index is 0.0831. The van der Waals surface area contributed by atoms with Crippen molar-refractivity contribution < 1.29 is 23.8 Å². The Morgan fingerprint density at radius 3 is 2.46 bits per heavy atom. The van der Waals surface area contributed by atoms with Gasteiger partial charge < -0.3 is 9.84 Å². The van der Waals surface area contributed by atoms with Crippen LogP contribution in [0.25, 0.3) is 16.0 Å². The zero-order valence-electron chi connectivity index (χ0n) is 19.0. The number of methoxy groups -OCH3 is 1. The molecule has 1 aliphatic heterocycles. The van der Waals surface area contributed by atoms with E-state index in [4.69, 9.17) is 4.74 Å². The van der Waals surface area contributed by atoms with Crippen LogP contribution in [0.1, 0.15) is 29.7 Å². The van der Waals surface area contributed by atoms with Gasteiger partial charge in [-0.05, 0) is 66.1 Å². The Bertz CT molecular complexity index is 1480. The molecule has 4 aromatic rings. The van der Waals surface area contributed by atoms with Crippen molar-refractivity contribution in [2.75, 3.05) is 12.0 Å². The largest absolute Gasteiger partial charge is 0.507 e. The molecule has 1 aliphatic rings. The van der Waals surface area contributed by atoms with Crippen LogP contribution in [0, 0.1) is 5.82 Å². The van der Waals surface area contributed by atoms with Gasteiger partial charge in [-0.3, -0.25) is 14.5 Å². The summed E-state index contributed by atoms with van der Waals surface area (Å²) >= 11 is 1.31. The van der Waals surface area contributed by atoms with E-state index in [0.29, 0.717) is 16.4 Å². The first kappa shape index (κ1) is 22.7. The molecule has 1 amide bonds. The number of Topliss-reactive ketones (excluding diaryl/α,β-unsaturated/α-hetero) is 1. The highest BCUT2D eigenvalue weighted by Gasteiger charge is 2.48. The van der Waals surface area contributed by atoms with Gasteiger partial charge in [0.2, 0.25) is 0 Å². The van der Waals surface area contributed by atoms with E-state index in [1.807, 2.05) is 18.2 Å². The fourth-order valence-corrected chi connectivity index (χ4v) is 5.23. The number of anilines is 1. The molecule has 1 saturated heterocycles. The molecule has 1 atom stereocenters. The molecule has 176 valence electrons. The molecule has 0 unspecified atom stereocenters. The van der Waals surface area contributed by atoms with Crippen molar-refractivity contribution in [2.45, 2.75) is 19.4 Å². The minimum Gasteiger partial charge on any atom is -0.507 e. The quantitative estimate of drug-likeness (QED) is 0.224. The number of rotatable bonds is 5. The third kappa shape index (κ3) is 3.95. The molecule has 1 aromatic heterocycles. The molecule has 3 aromatic carbocycles. The zero-order valence-corrected chi connectivity index (χ0v) is 19.8. The summed E-state index contributed by atoms with van der Waals surface area (Å²) in [6.45, 7) is 2.06. The second kappa shape index (κ2) is 8.96. The Kier molecular flexibility index (Phi) is 5.82. The van der Waals surface area contributed by atoms with Gasteiger partial charge in [0, 0.05) is 5.56 Å². The molecule has 0 spiro atoms. The Morgan fingerprint density at radius 1 is 1.09 bits per heavy atom. The summed E-state index contributed by atoms with van der Waals surface area (Å²) in [5.41, 5.74) is 2.61. The summed E-state index contributed by atoms with van der Waals surface area (Å²) < 4.78 is 19.6. The van der Waals surface area contributed by atoms with E-state index < -0.39 is 23.5 Å². The van der Waals surface area contributed by atoms with Gasteiger partial charge in [-0.25, -0.2) is 9.37 Å². The smallest absolute Gasteiger partial charge is 0.301 e.